The first-order chi connectivity index (χ1) is 5.27. The maximum Gasteiger partial charge on any atom is 0.162 e. The van der Waals surface area contributed by atoms with E-state index in [0.717, 1.165) is 0 Å². The SMILES string of the molecule is O=C1C=CC2CC1C=CC2=O. The number of allylic oxidation sites excluding steroid dienone is 4. The molecule has 0 spiro atoms. The summed E-state index contributed by atoms with van der Waals surface area (Å²) in [6, 6.07) is 0. The number of carbonyl (C=O) groups excluding carboxylic acids is 2. The zero-order valence-electron chi connectivity index (χ0n) is 5.99. The molecule has 2 unspecified atom stereocenters. The van der Waals surface area contributed by atoms with Crippen LogP contribution < -0.4 is 0 Å². The van der Waals surface area contributed by atoms with Gasteiger partial charge in [0.05, 0.1) is 0 Å². The molecule has 2 aliphatic rings. The van der Waals surface area contributed by atoms with Crippen molar-refractivity contribution in [1.82, 2.24) is 0 Å². The summed E-state index contributed by atoms with van der Waals surface area (Å²) < 4.78 is 0. The summed E-state index contributed by atoms with van der Waals surface area (Å²) in [7, 11) is 0. The van der Waals surface area contributed by atoms with Crippen LogP contribution in [0.3, 0.4) is 0 Å². The summed E-state index contributed by atoms with van der Waals surface area (Å²) in [5, 5.41) is 0. The van der Waals surface area contributed by atoms with Gasteiger partial charge in [-0.1, -0.05) is 12.2 Å². The van der Waals surface area contributed by atoms with Gasteiger partial charge < -0.3 is 0 Å². The van der Waals surface area contributed by atoms with Gasteiger partial charge in [0.15, 0.2) is 11.6 Å². The molecule has 0 heterocycles. The highest BCUT2D eigenvalue weighted by Gasteiger charge is 2.29. The third-order valence-electron chi connectivity index (χ3n) is 2.22. The molecule has 0 aliphatic heterocycles. The lowest BCUT2D eigenvalue weighted by Crippen LogP contribution is -2.27. The zero-order valence-corrected chi connectivity index (χ0v) is 5.99. The van der Waals surface area contributed by atoms with Crippen molar-refractivity contribution in [3.8, 4) is 0 Å². The van der Waals surface area contributed by atoms with E-state index in [1.54, 1.807) is 12.2 Å². The van der Waals surface area contributed by atoms with E-state index in [1.807, 2.05) is 0 Å². The Hall–Kier alpha value is -1.18. The summed E-state index contributed by atoms with van der Waals surface area (Å²) in [6.07, 6.45) is 7.17. The Labute approximate surface area is 64.6 Å². The first kappa shape index (κ1) is 6.53. The van der Waals surface area contributed by atoms with Gasteiger partial charge in [0.25, 0.3) is 0 Å². The van der Waals surface area contributed by atoms with Crippen molar-refractivity contribution < 1.29 is 9.59 Å². The summed E-state index contributed by atoms with van der Waals surface area (Å²) in [4.78, 5) is 22.1. The van der Waals surface area contributed by atoms with Crippen molar-refractivity contribution in [2.75, 3.05) is 0 Å². The Morgan fingerprint density at radius 2 is 1.45 bits per heavy atom. The van der Waals surface area contributed by atoms with E-state index >= 15 is 0 Å². The van der Waals surface area contributed by atoms with Crippen molar-refractivity contribution in [3.05, 3.63) is 24.3 Å². The second-order valence-electron chi connectivity index (χ2n) is 2.97. The van der Waals surface area contributed by atoms with Crippen LogP contribution in [-0.2, 0) is 9.59 Å². The van der Waals surface area contributed by atoms with E-state index in [2.05, 4.69) is 0 Å². The normalized spacial score (nSPS) is 34.5. The largest absolute Gasteiger partial charge is 0.294 e. The highest BCUT2D eigenvalue weighted by Crippen LogP contribution is 2.26. The molecule has 0 aromatic heterocycles. The molecule has 11 heavy (non-hydrogen) atoms. The van der Waals surface area contributed by atoms with Gasteiger partial charge in [-0.3, -0.25) is 9.59 Å². The van der Waals surface area contributed by atoms with Gasteiger partial charge in [-0.15, -0.1) is 0 Å². The summed E-state index contributed by atoms with van der Waals surface area (Å²) in [5.74, 6) is 0.209. The number of rotatable bonds is 0. The van der Waals surface area contributed by atoms with Gasteiger partial charge in [0, 0.05) is 11.8 Å². The lowest BCUT2D eigenvalue weighted by molar-refractivity contribution is -0.121. The van der Waals surface area contributed by atoms with E-state index < -0.39 is 0 Å². The van der Waals surface area contributed by atoms with Crippen molar-refractivity contribution in [3.63, 3.8) is 0 Å². The highest BCUT2D eigenvalue weighted by atomic mass is 16.1. The van der Waals surface area contributed by atoms with Crippen LogP contribution in [0.5, 0.6) is 0 Å². The maximum absolute atomic E-state index is 11.1. The number of fused-ring (bicyclic) bond motifs is 2. The van der Waals surface area contributed by atoms with Crippen molar-refractivity contribution >= 4 is 11.6 Å². The minimum Gasteiger partial charge on any atom is -0.294 e. The van der Waals surface area contributed by atoms with Crippen LogP contribution in [0.2, 0.25) is 0 Å². The highest BCUT2D eigenvalue weighted by molar-refractivity contribution is 6.02. The molecule has 56 valence electrons. The van der Waals surface area contributed by atoms with Gasteiger partial charge in [-0.05, 0) is 18.6 Å². The Morgan fingerprint density at radius 3 is 1.91 bits per heavy atom. The maximum atomic E-state index is 11.1. The molecule has 2 atom stereocenters. The molecule has 0 saturated heterocycles. The number of carbonyl (C=O) groups is 2. The minimum atomic E-state index is -0.0253. The first-order valence-corrected chi connectivity index (χ1v) is 3.71. The third-order valence-corrected chi connectivity index (χ3v) is 2.22. The van der Waals surface area contributed by atoms with E-state index in [-0.39, 0.29) is 23.4 Å². The van der Waals surface area contributed by atoms with Crippen LogP contribution >= 0.6 is 0 Å². The molecule has 2 rings (SSSR count). The van der Waals surface area contributed by atoms with Crippen LogP contribution in [0, 0.1) is 11.8 Å². The van der Waals surface area contributed by atoms with Crippen LogP contribution in [0.4, 0.5) is 0 Å². The molecule has 0 amide bonds. The van der Waals surface area contributed by atoms with Gasteiger partial charge in [0.2, 0.25) is 0 Å². The molecule has 2 aliphatic carbocycles. The van der Waals surface area contributed by atoms with Crippen LogP contribution in [-0.4, -0.2) is 11.6 Å². The molecular weight excluding hydrogens is 140 g/mol. The van der Waals surface area contributed by atoms with Gasteiger partial charge in [-0.25, -0.2) is 0 Å². The monoisotopic (exact) mass is 148 g/mol. The van der Waals surface area contributed by atoms with E-state index in [9.17, 15) is 9.59 Å². The smallest absolute Gasteiger partial charge is 0.162 e. The molecule has 2 nitrogen and oxygen atoms in total. The summed E-state index contributed by atoms with van der Waals surface area (Å²) in [6.45, 7) is 0. The Kier molecular flexibility index (Phi) is 1.28. The standard InChI is InChI=1S/C9H8O2/c10-8-3-1-6-5-7(8)2-4-9(6)11/h1-4,6-7H,5H2. The molecule has 0 saturated carbocycles. The minimum absolute atomic E-state index is 0.0253. The summed E-state index contributed by atoms with van der Waals surface area (Å²) in [5.41, 5.74) is 0. The predicted molar refractivity (Wildman–Crippen MR) is 39.9 cm³/mol. The fraction of sp³-hybridized carbons (Fsp3) is 0.333. The van der Waals surface area contributed by atoms with Crippen LogP contribution in [0.15, 0.2) is 24.3 Å². The average Bonchev–Trinajstić information content (AvgIpc) is 2.02. The number of hydrogen-bond donors (Lipinski definition) is 0. The quantitative estimate of drug-likeness (QED) is 0.511. The topological polar surface area (TPSA) is 34.1 Å². The third kappa shape index (κ3) is 0.946. The van der Waals surface area contributed by atoms with E-state index in [4.69, 9.17) is 0 Å². The number of hydrogen-bond acceptors (Lipinski definition) is 2. The lowest BCUT2D eigenvalue weighted by atomic mass is 9.79. The summed E-state index contributed by atoms with van der Waals surface area (Å²) >= 11 is 0. The van der Waals surface area contributed by atoms with Gasteiger partial charge in [0.1, 0.15) is 0 Å². The van der Waals surface area contributed by atoms with Crippen molar-refractivity contribution in [2.45, 2.75) is 6.42 Å². The fourth-order valence-electron chi connectivity index (χ4n) is 1.52. The molecule has 0 aromatic carbocycles. The second-order valence-corrected chi connectivity index (χ2v) is 2.97. The predicted octanol–water partition coefficient (Wildman–Crippen LogP) is 0.887. The molecule has 0 N–H and O–H groups in total. The second kappa shape index (κ2) is 2.16. The van der Waals surface area contributed by atoms with Gasteiger partial charge >= 0.3 is 0 Å². The lowest BCUT2D eigenvalue weighted by Gasteiger charge is -2.22. The average molecular weight is 148 g/mol. The van der Waals surface area contributed by atoms with Crippen molar-refractivity contribution in [1.29, 1.82) is 0 Å². The van der Waals surface area contributed by atoms with Crippen LogP contribution in [0.1, 0.15) is 6.42 Å². The van der Waals surface area contributed by atoms with Crippen molar-refractivity contribution in [2.24, 2.45) is 11.8 Å². The zero-order chi connectivity index (χ0) is 7.84. The number of ketones is 2. The fourth-order valence-corrected chi connectivity index (χ4v) is 1.52. The Morgan fingerprint density at radius 1 is 1.00 bits per heavy atom. The van der Waals surface area contributed by atoms with E-state index in [0.29, 0.717) is 6.42 Å². The molecule has 2 bridgehead atoms. The van der Waals surface area contributed by atoms with Crippen LogP contribution in [0.25, 0.3) is 0 Å². The molecule has 0 aromatic rings. The van der Waals surface area contributed by atoms with E-state index in [1.165, 1.54) is 12.2 Å². The molecule has 0 fully saturated rings. The molecule has 0 radical (unpaired) electrons. The molecule has 2 heteroatoms. The first-order valence-electron chi connectivity index (χ1n) is 3.71. The Bertz CT molecular complexity index is 245. The molecular formula is C9H8O2. The van der Waals surface area contributed by atoms with Gasteiger partial charge in [-0.2, -0.15) is 0 Å². The Balaban J connectivity index is 2.38.